The van der Waals surface area contributed by atoms with Crippen molar-refractivity contribution in [1.29, 1.82) is 0 Å². The summed E-state index contributed by atoms with van der Waals surface area (Å²) in [4.78, 5) is 45.0. The SMILES string of the molecule is CCOc1cc(C2(c3nncn3C)CC(C)C2)cc(-c2coc3c(C)cc(CN4CCC[C@H](CC5CC5c5cc(C6(c7nncn7C)CC(C)C6)cc(-c6coc7c(C)cc(CN8CCC[C@H](C)C8)cc7c6=O)n5)C4)cc3c2=O)n1. The Hall–Kier alpha value is -6.84. The normalized spacial score (nSPS) is 26.1. The minimum absolute atomic E-state index is 0.0315. The molecule has 416 valence electrons. The maximum atomic E-state index is 14.9. The van der Waals surface area contributed by atoms with Crippen molar-refractivity contribution in [3.8, 4) is 28.4 Å². The van der Waals surface area contributed by atoms with Crippen molar-refractivity contribution in [1.82, 2.24) is 49.3 Å². The van der Waals surface area contributed by atoms with Crippen molar-refractivity contribution in [2.24, 2.45) is 43.7 Å². The van der Waals surface area contributed by atoms with E-state index in [1.165, 1.54) is 19.3 Å². The summed E-state index contributed by atoms with van der Waals surface area (Å²) >= 11 is 0. The third kappa shape index (κ3) is 9.49. The van der Waals surface area contributed by atoms with Crippen LogP contribution in [-0.4, -0.2) is 82.1 Å². The first-order valence-corrected chi connectivity index (χ1v) is 29.6. The van der Waals surface area contributed by atoms with E-state index in [9.17, 15) is 9.59 Å². The molecule has 0 radical (unpaired) electrons. The van der Waals surface area contributed by atoms with Gasteiger partial charge in [-0.1, -0.05) is 32.9 Å². The van der Waals surface area contributed by atoms with Gasteiger partial charge in [0.25, 0.3) is 0 Å². The molecule has 8 heterocycles. The fourth-order valence-corrected chi connectivity index (χ4v) is 15.3. The monoisotopic (exact) mass is 1080 g/mol. The summed E-state index contributed by atoms with van der Waals surface area (Å²) in [5.41, 5.74) is 9.95. The Balaban J connectivity index is 0.762. The van der Waals surface area contributed by atoms with Gasteiger partial charge < -0.3 is 22.7 Å². The number of hydrogen-bond donors (Lipinski definition) is 0. The summed E-state index contributed by atoms with van der Waals surface area (Å²) in [6, 6.07) is 17.0. The standard InChI is InChI=1S/C65H76N10O5/c1-9-78-57-25-48(65(28-40(4)29-65)63-71-67-37-73(63)8)24-56(69-57)53-35-80-61-42(6)17-45(20-51(61)59(53)77)33-75-15-11-13-43(31-75)18-46-21-49(46)54-22-47(64(26-39(3)27-64)62-70-66-36-72(62)7)23-55(68-54)52-34-79-60-41(5)16-44(19-50(60)58(52)76)32-74-14-10-12-38(2)30-74/h16-17,19-20,22-25,34-40,43,46,49H,9-15,18,21,26-33H2,1-8H3/t38-,39?,40?,43+,46?,49?,64?,65?/m0/s1. The fourth-order valence-electron chi connectivity index (χ4n) is 15.3. The Bertz CT molecular complexity index is 3790. The fraction of sp³-hybridized carbons (Fsp3) is 0.508. The minimum Gasteiger partial charge on any atom is -0.478 e. The molecule has 5 aliphatic rings. The molecule has 2 unspecified atom stereocenters. The Labute approximate surface area is 468 Å². The molecule has 15 nitrogen and oxygen atoms in total. The van der Waals surface area contributed by atoms with Crippen LogP contribution in [0.2, 0.25) is 0 Å². The van der Waals surface area contributed by atoms with E-state index < -0.39 is 0 Å². The van der Waals surface area contributed by atoms with E-state index in [0.29, 0.717) is 86.5 Å². The molecule has 5 fully saturated rings. The number of hydrogen-bond acceptors (Lipinski definition) is 13. The quantitative estimate of drug-likeness (QED) is 0.0954. The van der Waals surface area contributed by atoms with E-state index in [1.54, 1.807) is 25.2 Å². The number of aromatic nitrogens is 8. The van der Waals surface area contributed by atoms with Gasteiger partial charge in [-0.05, 0) is 191 Å². The Kier molecular flexibility index (Phi) is 13.5. The van der Waals surface area contributed by atoms with Crippen LogP contribution in [0.25, 0.3) is 44.5 Å². The lowest BCUT2D eigenvalue weighted by Crippen LogP contribution is -2.43. The molecular formula is C65H76N10O5. The van der Waals surface area contributed by atoms with Crippen LogP contribution in [0.4, 0.5) is 0 Å². The van der Waals surface area contributed by atoms with Crippen molar-refractivity contribution in [3.63, 3.8) is 0 Å². The van der Waals surface area contributed by atoms with Gasteiger partial charge in [0.05, 0.1) is 50.7 Å². The largest absolute Gasteiger partial charge is 0.478 e. The number of aryl methyl sites for hydroxylation is 4. The average molecular weight is 1080 g/mol. The molecule has 2 aliphatic heterocycles. The molecule has 8 aromatic rings. The number of fused-ring (bicyclic) bond motifs is 2. The van der Waals surface area contributed by atoms with E-state index in [-0.39, 0.29) is 27.6 Å². The number of ether oxygens (including phenoxy) is 1. The molecule has 80 heavy (non-hydrogen) atoms. The van der Waals surface area contributed by atoms with Crippen LogP contribution in [-0.2, 0) is 38.0 Å². The number of likely N-dealkylation sites (tertiary alicyclic amines) is 2. The van der Waals surface area contributed by atoms with Gasteiger partial charge in [-0.25, -0.2) is 4.98 Å². The number of piperidine rings is 2. The first-order valence-electron chi connectivity index (χ1n) is 29.6. The van der Waals surface area contributed by atoms with Crippen molar-refractivity contribution in [2.45, 2.75) is 136 Å². The summed E-state index contributed by atoms with van der Waals surface area (Å²) in [5, 5.41) is 19.1. The maximum absolute atomic E-state index is 14.9. The van der Waals surface area contributed by atoms with Crippen LogP contribution in [0.1, 0.15) is 149 Å². The summed E-state index contributed by atoms with van der Waals surface area (Å²) in [6.07, 6.45) is 17.4. The number of rotatable bonds is 15. The summed E-state index contributed by atoms with van der Waals surface area (Å²) in [7, 11) is 4.02. The first kappa shape index (κ1) is 52.5. The summed E-state index contributed by atoms with van der Waals surface area (Å²) < 4.78 is 22.9. The smallest absolute Gasteiger partial charge is 0.214 e. The molecule has 0 spiro atoms. The second-order valence-corrected chi connectivity index (χ2v) is 25.5. The molecule has 3 aliphatic carbocycles. The van der Waals surface area contributed by atoms with Crippen LogP contribution in [0.5, 0.6) is 5.88 Å². The van der Waals surface area contributed by atoms with Gasteiger partial charge in [0.15, 0.2) is 0 Å². The molecule has 3 saturated carbocycles. The van der Waals surface area contributed by atoms with E-state index in [2.05, 4.69) is 87.7 Å². The maximum Gasteiger partial charge on any atom is 0.214 e. The highest BCUT2D eigenvalue weighted by Gasteiger charge is 2.51. The van der Waals surface area contributed by atoms with Gasteiger partial charge in [0.1, 0.15) is 48.0 Å². The number of benzene rings is 2. The van der Waals surface area contributed by atoms with Crippen molar-refractivity contribution in [3.05, 3.63) is 145 Å². The van der Waals surface area contributed by atoms with E-state index in [1.807, 2.05) is 50.7 Å². The Morgan fingerprint density at radius 2 is 1.19 bits per heavy atom. The lowest BCUT2D eigenvalue weighted by Gasteiger charge is -2.46. The first-order chi connectivity index (χ1) is 38.6. The Morgan fingerprint density at radius 1 is 0.650 bits per heavy atom. The predicted octanol–water partition coefficient (Wildman–Crippen LogP) is 11.4. The van der Waals surface area contributed by atoms with Crippen LogP contribution in [0.15, 0.2) is 92.1 Å². The van der Waals surface area contributed by atoms with Gasteiger partial charge in [-0.2, -0.15) is 0 Å². The zero-order valence-electron chi connectivity index (χ0n) is 47.9. The summed E-state index contributed by atoms with van der Waals surface area (Å²) in [5.74, 6) is 5.34. The van der Waals surface area contributed by atoms with Gasteiger partial charge in [-0.15, -0.1) is 20.4 Å². The lowest BCUT2D eigenvalue weighted by molar-refractivity contribution is 0.157. The van der Waals surface area contributed by atoms with Gasteiger partial charge in [0, 0.05) is 58.0 Å². The van der Waals surface area contributed by atoms with E-state index in [0.717, 1.165) is 135 Å². The van der Waals surface area contributed by atoms with Crippen LogP contribution >= 0.6 is 0 Å². The summed E-state index contributed by atoms with van der Waals surface area (Å²) in [6.45, 7) is 19.1. The number of pyridine rings is 2. The van der Waals surface area contributed by atoms with Gasteiger partial charge in [-0.3, -0.25) is 24.4 Å². The molecule has 13 rings (SSSR count). The average Bonchev–Trinajstić information content (AvgIpc) is 3.36. The van der Waals surface area contributed by atoms with Crippen molar-refractivity contribution >= 4 is 21.9 Å². The van der Waals surface area contributed by atoms with E-state index >= 15 is 0 Å². The molecule has 6 aromatic heterocycles. The lowest BCUT2D eigenvalue weighted by atomic mass is 9.58. The zero-order valence-corrected chi connectivity index (χ0v) is 47.9. The zero-order chi connectivity index (χ0) is 55.2. The highest BCUT2D eigenvalue weighted by molar-refractivity contribution is 5.85. The molecule has 2 saturated heterocycles. The second kappa shape index (κ2) is 20.6. The van der Waals surface area contributed by atoms with Crippen LogP contribution < -0.4 is 15.6 Å². The highest BCUT2D eigenvalue weighted by Crippen LogP contribution is 2.56. The topological polar surface area (TPSA) is 163 Å². The molecule has 0 N–H and O–H groups in total. The molecule has 0 bridgehead atoms. The second-order valence-electron chi connectivity index (χ2n) is 25.5. The van der Waals surface area contributed by atoms with Crippen LogP contribution in [0, 0.1) is 43.4 Å². The molecule has 15 heteroatoms. The minimum atomic E-state index is -0.363. The third-order valence-corrected chi connectivity index (χ3v) is 19.0. The predicted molar refractivity (Wildman–Crippen MR) is 310 cm³/mol. The van der Waals surface area contributed by atoms with E-state index in [4.69, 9.17) is 28.6 Å². The molecule has 0 amide bonds. The Morgan fingerprint density at radius 3 is 1.71 bits per heavy atom. The van der Waals surface area contributed by atoms with Gasteiger partial charge >= 0.3 is 0 Å². The molecule has 4 atom stereocenters. The van der Waals surface area contributed by atoms with Crippen molar-refractivity contribution < 1.29 is 13.6 Å². The number of nitrogens with zero attached hydrogens (tertiary/aromatic N) is 10. The molecular weight excluding hydrogens is 1000 g/mol. The molecule has 2 aromatic carbocycles. The highest BCUT2D eigenvalue weighted by atomic mass is 16.5. The van der Waals surface area contributed by atoms with Crippen molar-refractivity contribution in [2.75, 3.05) is 32.8 Å². The van der Waals surface area contributed by atoms with Gasteiger partial charge in [0.2, 0.25) is 16.7 Å². The van der Waals surface area contributed by atoms with Crippen LogP contribution in [0.3, 0.4) is 0 Å². The third-order valence-electron chi connectivity index (χ3n) is 19.0.